The fourth-order valence-electron chi connectivity index (χ4n) is 2.88. The van der Waals surface area contributed by atoms with E-state index in [9.17, 15) is 14.0 Å². The van der Waals surface area contributed by atoms with Crippen molar-refractivity contribution < 1.29 is 13.9 Å². The van der Waals surface area contributed by atoms with Crippen molar-refractivity contribution in [3.05, 3.63) is 106 Å². The highest BCUT2D eigenvalue weighted by atomic mass is 19.1. The molecule has 0 N–H and O–H groups in total. The third-order valence-electron chi connectivity index (χ3n) is 4.28. The van der Waals surface area contributed by atoms with Crippen molar-refractivity contribution in [1.29, 1.82) is 0 Å². The van der Waals surface area contributed by atoms with Gasteiger partial charge in [0.2, 0.25) is 0 Å². The fraction of sp³-hybridized carbons (Fsp3) is 0.0455. The van der Waals surface area contributed by atoms with Crippen LogP contribution in [0.3, 0.4) is 0 Å². The summed E-state index contributed by atoms with van der Waals surface area (Å²) in [6.07, 6.45) is 0. The van der Waals surface area contributed by atoms with Crippen LogP contribution >= 0.6 is 0 Å². The number of hydrogen-bond acceptors (Lipinski definition) is 4. The summed E-state index contributed by atoms with van der Waals surface area (Å²) in [5.41, 5.74) is 0.916. The summed E-state index contributed by atoms with van der Waals surface area (Å²) in [6, 6.07) is 21.3. The van der Waals surface area contributed by atoms with Crippen molar-refractivity contribution in [3.8, 4) is 5.69 Å². The summed E-state index contributed by atoms with van der Waals surface area (Å²) in [7, 11) is 0. The number of carbonyl (C=O) groups is 1. The van der Waals surface area contributed by atoms with E-state index in [0.29, 0.717) is 22.0 Å². The molecule has 0 bridgehead atoms. The molecule has 0 fully saturated rings. The second-order valence-corrected chi connectivity index (χ2v) is 6.15. The average molecular weight is 374 g/mol. The molecule has 0 aliphatic heterocycles. The van der Waals surface area contributed by atoms with Crippen molar-refractivity contribution in [2.75, 3.05) is 0 Å². The Balaban J connectivity index is 1.75. The standard InChI is InChI=1S/C22H15FN2O3/c23-16-12-10-15(11-13-16)14-28-22(27)20-18-8-4-5-9-19(18)21(26)25(24-20)17-6-2-1-3-7-17/h1-13H,14H2. The first kappa shape index (κ1) is 17.6. The summed E-state index contributed by atoms with van der Waals surface area (Å²) >= 11 is 0. The molecule has 0 saturated carbocycles. The topological polar surface area (TPSA) is 61.2 Å². The van der Waals surface area contributed by atoms with Gasteiger partial charge in [-0.15, -0.1) is 0 Å². The third kappa shape index (κ3) is 3.40. The van der Waals surface area contributed by atoms with Gasteiger partial charge in [-0.3, -0.25) is 4.79 Å². The van der Waals surface area contributed by atoms with Crippen LogP contribution in [0.4, 0.5) is 4.39 Å². The molecule has 138 valence electrons. The molecule has 0 spiro atoms. The maximum atomic E-state index is 13.0. The average Bonchev–Trinajstić information content (AvgIpc) is 2.74. The van der Waals surface area contributed by atoms with E-state index in [2.05, 4.69) is 5.10 Å². The smallest absolute Gasteiger partial charge is 0.359 e. The molecule has 0 aliphatic carbocycles. The van der Waals surface area contributed by atoms with Gasteiger partial charge in [0, 0.05) is 5.39 Å². The first-order valence-corrected chi connectivity index (χ1v) is 8.62. The summed E-state index contributed by atoms with van der Waals surface area (Å²) in [5.74, 6) is -1.03. The van der Waals surface area contributed by atoms with Crippen LogP contribution in [0, 0.1) is 5.82 Å². The first-order valence-electron chi connectivity index (χ1n) is 8.62. The Morgan fingerprint density at radius 2 is 1.54 bits per heavy atom. The maximum absolute atomic E-state index is 13.0. The minimum absolute atomic E-state index is 0.0282. The van der Waals surface area contributed by atoms with Gasteiger partial charge in [0.05, 0.1) is 11.1 Å². The number of benzene rings is 3. The number of fused-ring (bicyclic) bond motifs is 1. The molecule has 5 nitrogen and oxygen atoms in total. The van der Waals surface area contributed by atoms with Crippen molar-refractivity contribution in [2.24, 2.45) is 0 Å². The number of esters is 1. The molecule has 0 aliphatic rings. The number of para-hydroxylation sites is 1. The molecule has 0 unspecified atom stereocenters. The molecule has 0 amide bonds. The zero-order chi connectivity index (χ0) is 19.5. The second kappa shape index (κ2) is 7.44. The molecule has 0 atom stereocenters. The molecule has 6 heteroatoms. The largest absolute Gasteiger partial charge is 0.456 e. The van der Waals surface area contributed by atoms with Gasteiger partial charge in [-0.2, -0.15) is 9.78 Å². The van der Waals surface area contributed by atoms with Crippen molar-refractivity contribution in [3.63, 3.8) is 0 Å². The molecule has 28 heavy (non-hydrogen) atoms. The molecule has 4 rings (SSSR count). The van der Waals surface area contributed by atoms with Crippen LogP contribution in [-0.4, -0.2) is 15.7 Å². The minimum Gasteiger partial charge on any atom is -0.456 e. The number of halogens is 1. The van der Waals surface area contributed by atoms with E-state index in [4.69, 9.17) is 4.74 Å². The SMILES string of the molecule is O=C(OCc1ccc(F)cc1)c1nn(-c2ccccc2)c(=O)c2ccccc12. The highest BCUT2D eigenvalue weighted by Crippen LogP contribution is 2.17. The predicted octanol–water partition coefficient (Wildman–Crippen LogP) is 3.88. The lowest BCUT2D eigenvalue weighted by atomic mass is 10.1. The van der Waals surface area contributed by atoms with Gasteiger partial charge in [-0.25, -0.2) is 9.18 Å². The fourth-order valence-corrected chi connectivity index (χ4v) is 2.88. The van der Waals surface area contributed by atoms with Crippen molar-refractivity contribution in [2.45, 2.75) is 6.61 Å². The van der Waals surface area contributed by atoms with E-state index >= 15 is 0 Å². The quantitative estimate of drug-likeness (QED) is 0.509. The Morgan fingerprint density at radius 1 is 0.893 bits per heavy atom. The van der Waals surface area contributed by atoms with Gasteiger partial charge < -0.3 is 4.74 Å². The van der Waals surface area contributed by atoms with E-state index in [-0.39, 0.29) is 23.7 Å². The van der Waals surface area contributed by atoms with Crippen LogP contribution in [0.2, 0.25) is 0 Å². The predicted molar refractivity (Wildman–Crippen MR) is 103 cm³/mol. The van der Waals surface area contributed by atoms with E-state index in [1.165, 1.54) is 16.8 Å². The lowest BCUT2D eigenvalue weighted by Gasteiger charge is -2.11. The number of aromatic nitrogens is 2. The number of carbonyl (C=O) groups excluding carboxylic acids is 1. The van der Waals surface area contributed by atoms with Crippen LogP contribution in [0.15, 0.2) is 83.7 Å². The van der Waals surface area contributed by atoms with Gasteiger partial charge in [-0.1, -0.05) is 48.5 Å². The number of nitrogens with zero attached hydrogens (tertiary/aromatic N) is 2. The molecule has 3 aromatic carbocycles. The molecular formula is C22H15FN2O3. The van der Waals surface area contributed by atoms with Gasteiger partial charge in [0.15, 0.2) is 5.69 Å². The number of ether oxygens (including phenoxy) is 1. The van der Waals surface area contributed by atoms with Crippen LogP contribution in [-0.2, 0) is 11.3 Å². The molecule has 0 radical (unpaired) electrons. The second-order valence-electron chi connectivity index (χ2n) is 6.15. The van der Waals surface area contributed by atoms with Gasteiger partial charge in [0.1, 0.15) is 12.4 Å². The monoisotopic (exact) mass is 374 g/mol. The number of hydrogen-bond donors (Lipinski definition) is 0. The Kier molecular flexibility index (Phi) is 4.68. The van der Waals surface area contributed by atoms with Crippen LogP contribution < -0.4 is 5.56 Å². The van der Waals surface area contributed by atoms with Crippen LogP contribution in [0.1, 0.15) is 16.1 Å². The zero-order valence-corrected chi connectivity index (χ0v) is 14.7. The van der Waals surface area contributed by atoms with E-state index in [1.807, 2.05) is 6.07 Å². The number of rotatable bonds is 4. The summed E-state index contributed by atoms with van der Waals surface area (Å²) in [6.45, 7) is -0.0282. The molecule has 1 heterocycles. The lowest BCUT2D eigenvalue weighted by Crippen LogP contribution is -2.25. The molecular weight excluding hydrogens is 359 g/mol. The Labute approximate surface area is 159 Å². The van der Waals surface area contributed by atoms with E-state index in [0.717, 1.165) is 0 Å². The van der Waals surface area contributed by atoms with Gasteiger partial charge in [-0.05, 0) is 35.9 Å². The Bertz CT molecular complexity index is 1200. The van der Waals surface area contributed by atoms with Crippen molar-refractivity contribution in [1.82, 2.24) is 9.78 Å². The van der Waals surface area contributed by atoms with E-state index in [1.54, 1.807) is 60.7 Å². The van der Waals surface area contributed by atoms with Gasteiger partial charge >= 0.3 is 5.97 Å². The summed E-state index contributed by atoms with van der Waals surface area (Å²) in [5, 5.41) is 5.06. The first-order chi connectivity index (χ1) is 13.6. The Morgan fingerprint density at radius 3 is 2.25 bits per heavy atom. The molecule has 4 aromatic rings. The lowest BCUT2D eigenvalue weighted by molar-refractivity contribution is 0.0466. The van der Waals surface area contributed by atoms with E-state index < -0.39 is 5.97 Å². The zero-order valence-electron chi connectivity index (χ0n) is 14.7. The van der Waals surface area contributed by atoms with Crippen LogP contribution in [0.5, 0.6) is 0 Å². The van der Waals surface area contributed by atoms with Crippen molar-refractivity contribution >= 4 is 16.7 Å². The molecule has 1 aromatic heterocycles. The summed E-state index contributed by atoms with van der Waals surface area (Å²) < 4.78 is 19.6. The van der Waals surface area contributed by atoms with Crippen LogP contribution in [0.25, 0.3) is 16.5 Å². The highest BCUT2D eigenvalue weighted by Gasteiger charge is 2.18. The minimum atomic E-state index is -0.662. The van der Waals surface area contributed by atoms with Gasteiger partial charge in [0.25, 0.3) is 5.56 Å². The normalized spacial score (nSPS) is 10.8. The summed E-state index contributed by atoms with van der Waals surface area (Å²) in [4.78, 5) is 25.5. The maximum Gasteiger partial charge on any atom is 0.359 e. The molecule has 0 saturated heterocycles. The third-order valence-corrected chi connectivity index (χ3v) is 4.28. The highest BCUT2D eigenvalue weighted by molar-refractivity contribution is 6.02. The Hall–Kier alpha value is -3.80.